The minimum Gasteiger partial charge on any atom is -0.399 e. The quantitative estimate of drug-likeness (QED) is 0.872. The van der Waals surface area contributed by atoms with E-state index in [0.717, 1.165) is 49.2 Å². The van der Waals surface area contributed by atoms with Crippen LogP contribution in [0, 0.1) is 5.92 Å². The van der Waals surface area contributed by atoms with E-state index in [0.29, 0.717) is 5.92 Å². The number of aromatic nitrogens is 1. The number of benzene rings is 1. The van der Waals surface area contributed by atoms with Gasteiger partial charge in [0.15, 0.2) is 0 Å². The summed E-state index contributed by atoms with van der Waals surface area (Å²) in [6.07, 6.45) is 4.16. The fourth-order valence-corrected chi connectivity index (χ4v) is 2.90. The molecule has 2 heterocycles. The first kappa shape index (κ1) is 13.2. The predicted molar refractivity (Wildman–Crippen MR) is 83.0 cm³/mol. The van der Waals surface area contributed by atoms with Crippen LogP contribution < -0.4 is 10.6 Å². The summed E-state index contributed by atoms with van der Waals surface area (Å²) in [7, 11) is 2.15. The van der Waals surface area contributed by atoms with Gasteiger partial charge in [-0.05, 0) is 43.0 Å². The van der Waals surface area contributed by atoms with Gasteiger partial charge in [0.1, 0.15) is 0 Å². The molecule has 0 unspecified atom stereocenters. The molecule has 4 heteroatoms. The molecule has 0 aliphatic carbocycles. The zero-order chi connectivity index (χ0) is 13.9. The summed E-state index contributed by atoms with van der Waals surface area (Å²) in [5.41, 5.74) is 8.77. The molecule has 0 saturated carbocycles. The maximum Gasteiger partial charge on any atom is 0.0743 e. The number of hydrogen-bond donors (Lipinski definition) is 1. The minimum atomic E-state index is 0.714. The molecule has 2 N–H and O–H groups in total. The van der Waals surface area contributed by atoms with Gasteiger partial charge in [0.2, 0.25) is 0 Å². The number of anilines is 2. The standard InChI is InChI=1S/C16H21N3O/c1-19(11-12-5-8-20-9-6-12)16-4-7-18-15-10-13(17)2-3-14(15)16/h2-4,7,10,12H,5-6,8-9,11,17H2,1H3. The van der Waals surface area contributed by atoms with Crippen molar-refractivity contribution in [2.75, 3.05) is 37.4 Å². The molecule has 106 valence electrons. The second-order valence-electron chi connectivity index (χ2n) is 5.54. The lowest BCUT2D eigenvalue weighted by molar-refractivity contribution is 0.0685. The van der Waals surface area contributed by atoms with E-state index in [2.05, 4.69) is 29.1 Å². The highest BCUT2D eigenvalue weighted by Crippen LogP contribution is 2.27. The van der Waals surface area contributed by atoms with Crippen molar-refractivity contribution in [1.29, 1.82) is 0 Å². The Morgan fingerprint density at radius 1 is 1.30 bits per heavy atom. The van der Waals surface area contributed by atoms with Gasteiger partial charge in [-0.3, -0.25) is 4.98 Å². The summed E-state index contributed by atoms with van der Waals surface area (Å²) < 4.78 is 5.43. The largest absolute Gasteiger partial charge is 0.399 e. The van der Waals surface area contributed by atoms with Crippen molar-refractivity contribution in [1.82, 2.24) is 4.98 Å². The Hall–Kier alpha value is -1.81. The summed E-state index contributed by atoms with van der Waals surface area (Å²) in [4.78, 5) is 6.73. The second kappa shape index (κ2) is 5.67. The fraction of sp³-hybridized carbons (Fsp3) is 0.438. The molecule has 20 heavy (non-hydrogen) atoms. The van der Waals surface area contributed by atoms with Gasteiger partial charge >= 0.3 is 0 Å². The summed E-state index contributed by atoms with van der Waals surface area (Å²) in [5.74, 6) is 0.714. The Morgan fingerprint density at radius 3 is 2.90 bits per heavy atom. The number of fused-ring (bicyclic) bond motifs is 1. The first-order chi connectivity index (χ1) is 9.74. The minimum absolute atomic E-state index is 0.714. The third-order valence-corrected chi connectivity index (χ3v) is 4.03. The van der Waals surface area contributed by atoms with Gasteiger partial charge in [-0.25, -0.2) is 0 Å². The monoisotopic (exact) mass is 271 g/mol. The lowest BCUT2D eigenvalue weighted by Crippen LogP contribution is -2.29. The predicted octanol–water partition coefficient (Wildman–Crippen LogP) is 2.68. The van der Waals surface area contributed by atoms with Crippen LogP contribution in [0.2, 0.25) is 0 Å². The van der Waals surface area contributed by atoms with Gasteiger partial charge in [-0.2, -0.15) is 0 Å². The first-order valence-corrected chi connectivity index (χ1v) is 7.17. The Morgan fingerprint density at radius 2 is 2.10 bits per heavy atom. The summed E-state index contributed by atoms with van der Waals surface area (Å²) in [5, 5.41) is 1.16. The molecule has 1 saturated heterocycles. The van der Waals surface area contributed by atoms with Gasteiger partial charge in [0.05, 0.1) is 5.52 Å². The maximum absolute atomic E-state index is 5.83. The van der Waals surface area contributed by atoms with Crippen molar-refractivity contribution < 1.29 is 4.74 Å². The summed E-state index contributed by atoms with van der Waals surface area (Å²) in [6, 6.07) is 8.02. The molecule has 1 aromatic carbocycles. The lowest BCUT2D eigenvalue weighted by Gasteiger charge is -2.29. The highest BCUT2D eigenvalue weighted by Gasteiger charge is 2.17. The Balaban J connectivity index is 1.85. The number of rotatable bonds is 3. The highest BCUT2D eigenvalue weighted by molar-refractivity contribution is 5.93. The van der Waals surface area contributed by atoms with Crippen molar-refractivity contribution >= 4 is 22.3 Å². The zero-order valence-electron chi connectivity index (χ0n) is 11.9. The molecule has 1 aliphatic rings. The molecule has 0 amide bonds. The van der Waals surface area contributed by atoms with Crippen LogP contribution in [-0.2, 0) is 4.74 Å². The molecule has 0 spiro atoms. The lowest BCUT2D eigenvalue weighted by atomic mass is 9.99. The molecule has 1 fully saturated rings. The van der Waals surface area contributed by atoms with Gasteiger partial charge in [-0.15, -0.1) is 0 Å². The molecule has 3 rings (SSSR count). The maximum atomic E-state index is 5.83. The van der Waals surface area contributed by atoms with Crippen LogP contribution in [0.3, 0.4) is 0 Å². The van der Waals surface area contributed by atoms with Crippen LogP contribution in [0.15, 0.2) is 30.5 Å². The zero-order valence-corrected chi connectivity index (χ0v) is 11.9. The Bertz CT molecular complexity index is 593. The van der Waals surface area contributed by atoms with Gasteiger partial charge in [0.25, 0.3) is 0 Å². The molecule has 2 aromatic rings. The van der Waals surface area contributed by atoms with Crippen LogP contribution >= 0.6 is 0 Å². The molecule has 4 nitrogen and oxygen atoms in total. The average molecular weight is 271 g/mol. The third kappa shape index (κ3) is 2.70. The molecule has 0 radical (unpaired) electrons. The van der Waals surface area contributed by atoms with Crippen LogP contribution in [0.4, 0.5) is 11.4 Å². The van der Waals surface area contributed by atoms with E-state index in [1.165, 1.54) is 5.69 Å². The number of ether oxygens (including phenoxy) is 1. The molecule has 0 bridgehead atoms. The fourth-order valence-electron chi connectivity index (χ4n) is 2.90. The Labute approximate surface area is 119 Å². The van der Waals surface area contributed by atoms with Crippen molar-refractivity contribution in [3.05, 3.63) is 30.5 Å². The third-order valence-electron chi connectivity index (χ3n) is 4.03. The van der Waals surface area contributed by atoms with Gasteiger partial charge < -0.3 is 15.4 Å². The molecular weight excluding hydrogens is 250 g/mol. The summed E-state index contributed by atoms with van der Waals surface area (Å²) >= 11 is 0. The van der Waals surface area contributed by atoms with E-state index in [-0.39, 0.29) is 0 Å². The van der Waals surface area contributed by atoms with Crippen LogP contribution in [0.1, 0.15) is 12.8 Å². The number of nitrogens with two attached hydrogens (primary N) is 1. The van der Waals surface area contributed by atoms with Gasteiger partial charge in [0, 0.05) is 49.8 Å². The van der Waals surface area contributed by atoms with Crippen molar-refractivity contribution in [3.63, 3.8) is 0 Å². The number of nitrogen functional groups attached to an aromatic ring is 1. The van der Waals surface area contributed by atoms with Crippen molar-refractivity contribution in [2.24, 2.45) is 5.92 Å². The molecular formula is C16H21N3O. The summed E-state index contributed by atoms with van der Waals surface area (Å²) in [6.45, 7) is 2.85. The van der Waals surface area contributed by atoms with E-state index in [4.69, 9.17) is 10.5 Å². The van der Waals surface area contributed by atoms with Crippen molar-refractivity contribution in [2.45, 2.75) is 12.8 Å². The SMILES string of the molecule is CN(CC1CCOCC1)c1ccnc2cc(N)ccc12. The number of hydrogen-bond acceptors (Lipinski definition) is 4. The smallest absolute Gasteiger partial charge is 0.0743 e. The normalized spacial score (nSPS) is 16.4. The van der Waals surface area contributed by atoms with Gasteiger partial charge in [-0.1, -0.05) is 0 Å². The van der Waals surface area contributed by atoms with Crippen molar-refractivity contribution in [3.8, 4) is 0 Å². The van der Waals surface area contributed by atoms with E-state index in [1.807, 2.05) is 18.3 Å². The first-order valence-electron chi connectivity index (χ1n) is 7.17. The number of pyridine rings is 1. The van der Waals surface area contributed by atoms with E-state index in [9.17, 15) is 0 Å². The Kier molecular flexibility index (Phi) is 3.74. The van der Waals surface area contributed by atoms with Crippen LogP contribution in [-0.4, -0.2) is 31.8 Å². The highest BCUT2D eigenvalue weighted by atomic mass is 16.5. The number of nitrogens with zero attached hydrogens (tertiary/aromatic N) is 2. The molecule has 0 atom stereocenters. The van der Waals surface area contributed by atoms with E-state index >= 15 is 0 Å². The van der Waals surface area contributed by atoms with Crippen LogP contribution in [0.5, 0.6) is 0 Å². The molecule has 1 aliphatic heterocycles. The topological polar surface area (TPSA) is 51.4 Å². The van der Waals surface area contributed by atoms with E-state index < -0.39 is 0 Å². The molecule has 1 aromatic heterocycles. The van der Waals surface area contributed by atoms with E-state index in [1.54, 1.807) is 0 Å². The average Bonchev–Trinajstić information content (AvgIpc) is 2.47. The van der Waals surface area contributed by atoms with Crippen LogP contribution in [0.25, 0.3) is 10.9 Å². The second-order valence-corrected chi connectivity index (χ2v) is 5.54.